The molecular formula is C16H31NO. The topological polar surface area (TPSA) is 20.3 Å². The zero-order valence-electron chi connectivity index (χ0n) is 12.9. The maximum absolute atomic E-state index is 12.0. The number of hydrogen-bond donors (Lipinski definition) is 0. The number of rotatable bonds is 10. The summed E-state index contributed by atoms with van der Waals surface area (Å²) in [5, 5.41) is 0. The van der Waals surface area contributed by atoms with E-state index < -0.39 is 0 Å². The van der Waals surface area contributed by atoms with E-state index in [4.69, 9.17) is 0 Å². The van der Waals surface area contributed by atoms with Crippen molar-refractivity contribution in [1.82, 2.24) is 4.90 Å². The van der Waals surface area contributed by atoms with Crippen molar-refractivity contribution in [1.29, 1.82) is 0 Å². The Hall–Kier alpha value is -0.630. The van der Waals surface area contributed by atoms with Gasteiger partial charge in [-0.1, -0.05) is 46.6 Å². The van der Waals surface area contributed by atoms with Crippen LogP contribution in [0.1, 0.15) is 53.4 Å². The van der Waals surface area contributed by atoms with Gasteiger partial charge in [-0.05, 0) is 31.9 Å². The SMILES string of the molecule is CCCCC(CC)C(=O)/C=C/CN(C)CC(C)C. The molecule has 0 heterocycles. The second-order valence-corrected chi connectivity index (χ2v) is 5.67. The van der Waals surface area contributed by atoms with Crippen LogP contribution in [0.3, 0.4) is 0 Å². The lowest BCUT2D eigenvalue weighted by atomic mass is 9.94. The molecule has 1 atom stereocenters. The van der Waals surface area contributed by atoms with Crippen LogP contribution in [-0.2, 0) is 4.79 Å². The van der Waals surface area contributed by atoms with Gasteiger partial charge < -0.3 is 4.90 Å². The van der Waals surface area contributed by atoms with Gasteiger partial charge in [-0.25, -0.2) is 0 Å². The van der Waals surface area contributed by atoms with E-state index in [2.05, 4.69) is 39.6 Å². The summed E-state index contributed by atoms with van der Waals surface area (Å²) in [5.74, 6) is 1.22. The lowest BCUT2D eigenvalue weighted by molar-refractivity contribution is -0.118. The fourth-order valence-corrected chi connectivity index (χ4v) is 2.18. The lowest BCUT2D eigenvalue weighted by Gasteiger charge is -2.16. The average Bonchev–Trinajstić information content (AvgIpc) is 2.29. The fraction of sp³-hybridized carbons (Fsp3) is 0.812. The van der Waals surface area contributed by atoms with Crippen molar-refractivity contribution in [3.8, 4) is 0 Å². The summed E-state index contributed by atoms with van der Waals surface area (Å²) in [6.07, 6.45) is 8.14. The van der Waals surface area contributed by atoms with Crippen LogP contribution in [0.15, 0.2) is 12.2 Å². The van der Waals surface area contributed by atoms with Gasteiger partial charge in [-0.3, -0.25) is 4.79 Å². The minimum atomic E-state index is 0.233. The van der Waals surface area contributed by atoms with Crippen molar-refractivity contribution in [3.63, 3.8) is 0 Å². The number of unbranched alkanes of at least 4 members (excludes halogenated alkanes) is 1. The van der Waals surface area contributed by atoms with Gasteiger partial charge in [0.2, 0.25) is 0 Å². The molecule has 0 aliphatic rings. The molecule has 0 aliphatic heterocycles. The van der Waals surface area contributed by atoms with Crippen molar-refractivity contribution in [2.45, 2.75) is 53.4 Å². The predicted octanol–water partition coefficient (Wildman–Crippen LogP) is 3.92. The number of hydrogen-bond acceptors (Lipinski definition) is 2. The van der Waals surface area contributed by atoms with E-state index in [1.165, 1.54) is 6.42 Å². The zero-order chi connectivity index (χ0) is 14.0. The van der Waals surface area contributed by atoms with E-state index in [1.807, 2.05) is 6.08 Å². The van der Waals surface area contributed by atoms with Crippen molar-refractivity contribution in [2.24, 2.45) is 11.8 Å². The molecule has 0 fully saturated rings. The number of likely N-dealkylation sites (N-methyl/N-ethyl adjacent to an activating group) is 1. The first-order chi connectivity index (χ1) is 8.51. The van der Waals surface area contributed by atoms with Crippen molar-refractivity contribution in [2.75, 3.05) is 20.1 Å². The minimum absolute atomic E-state index is 0.233. The van der Waals surface area contributed by atoms with E-state index in [0.29, 0.717) is 11.7 Å². The van der Waals surface area contributed by atoms with Crippen LogP contribution in [-0.4, -0.2) is 30.8 Å². The number of nitrogens with zero attached hydrogens (tertiary/aromatic N) is 1. The molecule has 0 aliphatic carbocycles. The Morgan fingerprint density at radius 1 is 1.28 bits per heavy atom. The van der Waals surface area contributed by atoms with Crippen LogP contribution >= 0.6 is 0 Å². The zero-order valence-corrected chi connectivity index (χ0v) is 12.9. The van der Waals surface area contributed by atoms with Crippen LogP contribution < -0.4 is 0 Å². The molecule has 2 nitrogen and oxygen atoms in total. The average molecular weight is 253 g/mol. The molecule has 0 rings (SSSR count). The summed E-state index contributed by atoms with van der Waals surface area (Å²) in [6, 6.07) is 0. The van der Waals surface area contributed by atoms with Crippen LogP contribution in [0.2, 0.25) is 0 Å². The maximum Gasteiger partial charge on any atom is 0.158 e. The maximum atomic E-state index is 12.0. The standard InChI is InChI=1S/C16H31NO/c1-6-8-10-15(7-2)16(18)11-9-12-17(5)13-14(3)4/h9,11,14-15H,6-8,10,12-13H2,1-5H3/b11-9+. The highest BCUT2D eigenvalue weighted by Gasteiger charge is 2.12. The summed E-state index contributed by atoms with van der Waals surface area (Å²) in [7, 11) is 2.10. The summed E-state index contributed by atoms with van der Waals surface area (Å²) < 4.78 is 0. The summed E-state index contributed by atoms with van der Waals surface area (Å²) in [4.78, 5) is 14.2. The molecule has 0 amide bonds. The van der Waals surface area contributed by atoms with Crippen molar-refractivity contribution >= 4 is 5.78 Å². The molecule has 0 saturated carbocycles. The smallest absolute Gasteiger partial charge is 0.158 e. The first-order valence-corrected chi connectivity index (χ1v) is 7.40. The largest absolute Gasteiger partial charge is 0.302 e. The highest BCUT2D eigenvalue weighted by Crippen LogP contribution is 2.14. The molecule has 0 aromatic carbocycles. The summed E-state index contributed by atoms with van der Waals surface area (Å²) in [6.45, 7) is 10.6. The number of ketones is 1. The second-order valence-electron chi connectivity index (χ2n) is 5.67. The molecular weight excluding hydrogens is 222 g/mol. The molecule has 0 radical (unpaired) electrons. The molecule has 2 heteroatoms. The second kappa shape index (κ2) is 10.3. The van der Waals surface area contributed by atoms with Crippen LogP contribution in [0.5, 0.6) is 0 Å². The van der Waals surface area contributed by atoms with Crippen LogP contribution in [0, 0.1) is 11.8 Å². The van der Waals surface area contributed by atoms with Crippen LogP contribution in [0.4, 0.5) is 0 Å². The number of carbonyl (C=O) groups is 1. The van der Waals surface area contributed by atoms with E-state index in [0.717, 1.165) is 32.4 Å². The fourth-order valence-electron chi connectivity index (χ4n) is 2.18. The Labute approximate surface area is 113 Å². The van der Waals surface area contributed by atoms with E-state index in [-0.39, 0.29) is 5.92 Å². The molecule has 0 aromatic heterocycles. The van der Waals surface area contributed by atoms with Crippen molar-refractivity contribution < 1.29 is 4.79 Å². The molecule has 106 valence electrons. The van der Waals surface area contributed by atoms with Gasteiger partial charge in [0.15, 0.2) is 5.78 Å². The normalized spacial score (nSPS) is 13.7. The summed E-state index contributed by atoms with van der Waals surface area (Å²) in [5.41, 5.74) is 0. The van der Waals surface area contributed by atoms with Crippen LogP contribution in [0.25, 0.3) is 0 Å². The molecule has 0 saturated heterocycles. The third kappa shape index (κ3) is 8.46. The Bertz CT molecular complexity index is 245. The third-order valence-corrected chi connectivity index (χ3v) is 3.18. The van der Waals surface area contributed by atoms with Gasteiger partial charge in [0.25, 0.3) is 0 Å². The van der Waals surface area contributed by atoms with E-state index in [9.17, 15) is 4.79 Å². The van der Waals surface area contributed by atoms with Gasteiger partial charge >= 0.3 is 0 Å². The molecule has 0 spiro atoms. The van der Waals surface area contributed by atoms with Gasteiger partial charge in [-0.2, -0.15) is 0 Å². The number of allylic oxidation sites excluding steroid dienone is 1. The molecule has 0 bridgehead atoms. The molecule has 1 unspecified atom stereocenters. The molecule has 0 aromatic rings. The Morgan fingerprint density at radius 3 is 2.44 bits per heavy atom. The van der Waals surface area contributed by atoms with Gasteiger partial charge in [0, 0.05) is 19.0 Å². The Balaban J connectivity index is 4.03. The highest BCUT2D eigenvalue weighted by atomic mass is 16.1. The molecule has 0 N–H and O–H groups in total. The highest BCUT2D eigenvalue weighted by molar-refractivity contribution is 5.91. The van der Waals surface area contributed by atoms with Gasteiger partial charge in [0.1, 0.15) is 0 Å². The lowest BCUT2D eigenvalue weighted by Crippen LogP contribution is -2.23. The quantitative estimate of drug-likeness (QED) is 0.550. The Morgan fingerprint density at radius 2 is 1.94 bits per heavy atom. The third-order valence-electron chi connectivity index (χ3n) is 3.18. The van der Waals surface area contributed by atoms with E-state index in [1.54, 1.807) is 6.08 Å². The first-order valence-electron chi connectivity index (χ1n) is 7.40. The minimum Gasteiger partial charge on any atom is -0.302 e. The van der Waals surface area contributed by atoms with E-state index >= 15 is 0 Å². The first kappa shape index (κ1) is 17.4. The number of carbonyl (C=O) groups excluding carboxylic acids is 1. The molecule has 18 heavy (non-hydrogen) atoms. The Kier molecular flexibility index (Phi) is 9.95. The van der Waals surface area contributed by atoms with Gasteiger partial charge in [0.05, 0.1) is 0 Å². The summed E-state index contributed by atoms with van der Waals surface area (Å²) >= 11 is 0. The predicted molar refractivity (Wildman–Crippen MR) is 79.8 cm³/mol. The van der Waals surface area contributed by atoms with Crippen molar-refractivity contribution in [3.05, 3.63) is 12.2 Å². The monoisotopic (exact) mass is 253 g/mol. The van der Waals surface area contributed by atoms with Gasteiger partial charge in [-0.15, -0.1) is 0 Å².